The van der Waals surface area contributed by atoms with Gasteiger partial charge in [-0.25, -0.2) is 0 Å². The van der Waals surface area contributed by atoms with Crippen LogP contribution in [-0.2, 0) is 4.79 Å². The zero-order valence-corrected chi connectivity index (χ0v) is 12.6. The maximum absolute atomic E-state index is 12.6. The van der Waals surface area contributed by atoms with Crippen LogP contribution in [-0.4, -0.2) is 59.5 Å². The summed E-state index contributed by atoms with van der Waals surface area (Å²) in [6.45, 7) is 5.31. The standard InChI is InChI=1S/C15H26N4O2/c16-13(17-21)15(5-6-15)14(20)19-9-3-12(4-10-19)11-18-7-1-2-8-18/h12,21H,1-11H2,(H2,16,17). The van der Waals surface area contributed by atoms with E-state index in [0.29, 0.717) is 5.92 Å². The molecule has 3 fully saturated rings. The predicted molar refractivity (Wildman–Crippen MR) is 80.1 cm³/mol. The Morgan fingerprint density at radius 1 is 1.19 bits per heavy atom. The van der Waals surface area contributed by atoms with Crippen LogP contribution < -0.4 is 5.73 Å². The summed E-state index contributed by atoms with van der Waals surface area (Å²) < 4.78 is 0. The van der Waals surface area contributed by atoms with Crippen molar-refractivity contribution in [2.45, 2.75) is 38.5 Å². The molecule has 6 heteroatoms. The van der Waals surface area contributed by atoms with E-state index in [2.05, 4.69) is 10.1 Å². The van der Waals surface area contributed by atoms with Crippen LogP contribution >= 0.6 is 0 Å². The molecule has 0 atom stereocenters. The molecule has 0 aromatic rings. The lowest BCUT2D eigenvalue weighted by molar-refractivity contribution is -0.136. The van der Waals surface area contributed by atoms with Crippen molar-refractivity contribution in [3.8, 4) is 0 Å². The van der Waals surface area contributed by atoms with Gasteiger partial charge in [0.15, 0.2) is 5.84 Å². The molecule has 3 aliphatic rings. The third-order valence-electron chi connectivity index (χ3n) is 5.37. The van der Waals surface area contributed by atoms with Crippen LogP contribution in [0.25, 0.3) is 0 Å². The van der Waals surface area contributed by atoms with Gasteiger partial charge in [-0.3, -0.25) is 4.79 Å². The number of amides is 1. The van der Waals surface area contributed by atoms with Crippen LogP contribution in [0.2, 0.25) is 0 Å². The third-order valence-corrected chi connectivity index (χ3v) is 5.37. The van der Waals surface area contributed by atoms with E-state index in [9.17, 15) is 4.79 Å². The van der Waals surface area contributed by atoms with Crippen molar-refractivity contribution in [3.05, 3.63) is 0 Å². The van der Waals surface area contributed by atoms with Gasteiger partial charge in [-0.15, -0.1) is 0 Å². The van der Waals surface area contributed by atoms with Crippen LogP contribution in [0.3, 0.4) is 0 Å². The molecule has 6 nitrogen and oxygen atoms in total. The van der Waals surface area contributed by atoms with Crippen LogP contribution in [0.15, 0.2) is 5.16 Å². The van der Waals surface area contributed by atoms with E-state index < -0.39 is 5.41 Å². The summed E-state index contributed by atoms with van der Waals surface area (Å²) in [5.41, 5.74) is 5.02. The van der Waals surface area contributed by atoms with Crippen molar-refractivity contribution in [1.82, 2.24) is 9.80 Å². The van der Waals surface area contributed by atoms with Gasteiger partial charge in [-0.2, -0.15) is 0 Å². The molecule has 1 saturated carbocycles. The Labute approximate surface area is 125 Å². The van der Waals surface area contributed by atoms with Crippen molar-refractivity contribution in [3.63, 3.8) is 0 Å². The summed E-state index contributed by atoms with van der Waals surface area (Å²) >= 11 is 0. The van der Waals surface area contributed by atoms with Crippen molar-refractivity contribution in [1.29, 1.82) is 0 Å². The molecule has 21 heavy (non-hydrogen) atoms. The highest BCUT2D eigenvalue weighted by molar-refractivity contribution is 6.09. The zero-order chi connectivity index (χ0) is 14.9. The number of nitrogens with zero attached hydrogens (tertiary/aromatic N) is 3. The van der Waals surface area contributed by atoms with Crippen LogP contribution in [0, 0.1) is 11.3 Å². The van der Waals surface area contributed by atoms with E-state index in [0.717, 1.165) is 38.8 Å². The van der Waals surface area contributed by atoms with Crippen molar-refractivity contribution < 1.29 is 10.0 Å². The van der Waals surface area contributed by atoms with E-state index >= 15 is 0 Å². The number of hydrogen-bond acceptors (Lipinski definition) is 4. The summed E-state index contributed by atoms with van der Waals surface area (Å²) in [5.74, 6) is 0.871. The van der Waals surface area contributed by atoms with Gasteiger partial charge in [-0.05, 0) is 57.5 Å². The Morgan fingerprint density at radius 3 is 2.33 bits per heavy atom. The topological polar surface area (TPSA) is 82.2 Å². The molecule has 2 aliphatic heterocycles. The Hall–Kier alpha value is -1.30. The summed E-state index contributed by atoms with van der Waals surface area (Å²) in [6.07, 6.45) is 6.26. The quantitative estimate of drug-likeness (QED) is 0.348. The second kappa shape index (κ2) is 5.83. The second-order valence-electron chi connectivity index (χ2n) is 6.81. The fourth-order valence-electron chi connectivity index (χ4n) is 3.75. The van der Waals surface area contributed by atoms with E-state index in [1.54, 1.807) is 0 Å². The molecule has 0 aromatic carbocycles. The van der Waals surface area contributed by atoms with Gasteiger partial charge >= 0.3 is 0 Å². The Bertz CT molecular complexity index is 419. The molecule has 3 N–H and O–H groups in total. The van der Waals surface area contributed by atoms with Gasteiger partial charge in [0.05, 0.1) is 0 Å². The molecular weight excluding hydrogens is 268 g/mol. The number of hydrogen-bond donors (Lipinski definition) is 2. The monoisotopic (exact) mass is 294 g/mol. The zero-order valence-electron chi connectivity index (χ0n) is 12.6. The lowest BCUT2D eigenvalue weighted by Gasteiger charge is -2.35. The number of carbonyl (C=O) groups is 1. The number of rotatable bonds is 4. The predicted octanol–water partition coefficient (Wildman–Crippen LogP) is 0.847. The lowest BCUT2D eigenvalue weighted by Crippen LogP contribution is -2.47. The average molecular weight is 294 g/mol. The maximum atomic E-state index is 12.6. The molecule has 1 amide bonds. The van der Waals surface area contributed by atoms with Gasteiger partial charge in [0, 0.05) is 19.6 Å². The first-order valence-corrected chi connectivity index (χ1v) is 8.15. The molecule has 0 spiro atoms. The highest BCUT2D eigenvalue weighted by Crippen LogP contribution is 2.47. The van der Waals surface area contributed by atoms with Crippen LogP contribution in [0.1, 0.15) is 38.5 Å². The summed E-state index contributed by atoms with van der Waals surface area (Å²) in [6, 6.07) is 0. The molecule has 1 aliphatic carbocycles. The summed E-state index contributed by atoms with van der Waals surface area (Å²) in [4.78, 5) is 17.1. The van der Waals surface area contributed by atoms with Crippen molar-refractivity contribution >= 4 is 11.7 Å². The Kier molecular flexibility index (Phi) is 4.06. The van der Waals surface area contributed by atoms with E-state index in [1.165, 1.54) is 32.5 Å². The highest BCUT2D eigenvalue weighted by atomic mass is 16.4. The smallest absolute Gasteiger partial charge is 0.236 e. The van der Waals surface area contributed by atoms with Crippen molar-refractivity contribution in [2.24, 2.45) is 22.2 Å². The number of likely N-dealkylation sites (tertiary alicyclic amines) is 2. The fourth-order valence-corrected chi connectivity index (χ4v) is 3.75. The minimum absolute atomic E-state index is 0.0671. The fraction of sp³-hybridized carbons (Fsp3) is 0.867. The Morgan fingerprint density at radius 2 is 1.81 bits per heavy atom. The number of amidine groups is 1. The third kappa shape index (κ3) is 2.86. The molecule has 118 valence electrons. The molecule has 0 unspecified atom stereocenters. The first-order chi connectivity index (χ1) is 10.2. The molecule has 0 bridgehead atoms. The van der Waals surface area contributed by atoms with Gasteiger partial charge < -0.3 is 20.7 Å². The van der Waals surface area contributed by atoms with Gasteiger partial charge in [-0.1, -0.05) is 5.16 Å². The summed E-state index contributed by atoms with van der Waals surface area (Å²) in [5, 5.41) is 11.9. The molecule has 2 heterocycles. The average Bonchev–Trinajstić information content (AvgIpc) is 3.18. The van der Waals surface area contributed by atoms with E-state index in [-0.39, 0.29) is 11.7 Å². The van der Waals surface area contributed by atoms with E-state index in [4.69, 9.17) is 10.9 Å². The minimum Gasteiger partial charge on any atom is -0.409 e. The van der Waals surface area contributed by atoms with Gasteiger partial charge in [0.2, 0.25) is 5.91 Å². The molecule has 0 aromatic heterocycles. The number of piperidine rings is 1. The van der Waals surface area contributed by atoms with Crippen LogP contribution in [0.5, 0.6) is 0 Å². The molecule has 3 rings (SSSR count). The summed E-state index contributed by atoms with van der Waals surface area (Å²) in [7, 11) is 0. The SMILES string of the molecule is NC(=NO)C1(C(=O)N2CCC(CN3CCCC3)CC2)CC1. The van der Waals surface area contributed by atoms with Crippen LogP contribution in [0.4, 0.5) is 0 Å². The normalized spacial score (nSPS) is 27.0. The molecule has 0 radical (unpaired) electrons. The second-order valence-corrected chi connectivity index (χ2v) is 6.81. The maximum Gasteiger partial charge on any atom is 0.236 e. The number of oxime groups is 1. The lowest BCUT2D eigenvalue weighted by atomic mass is 9.94. The number of carbonyl (C=O) groups excluding carboxylic acids is 1. The largest absolute Gasteiger partial charge is 0.409 e. The first-order valence-electron chi connectivity index (χ1n) is 8.15. The minimum atomic E-state index is -0.684. The molecular formula is C15H26N4O2. The highest BCUT2D eigenvalue weighted by Gasteiger charge is 2.56. The molecule has 2 saturated heterocycles. The van der Waals surface area contributed by atoms with Gasteiger partial charge in [0.25, 0.3) is 0 Å². The van der Waals surface area contributed by atoms with E-state index in [1.807, 2.05) is 4.90 Å². The number of nitrogens with two attached hydrogens (primary N) is 1. The van der Waals surface area contributed by atoms with Gasteiger partial charge in [0.1, 0.15) is 5.41 Å². The Balaban J connectivity index is 1.50. The first kappa shape index (κ1) is 14.6. The van der Waals surface area contributed by atoms with Crippen molar-refractivity contribution in [2.75, 3.05) is 32.7 Å².